The third-order valence-corrected chi connectivity index (χ3v) is 9.81. The highest BCUT2D eigenvalue weighted by Gasteiger charge is 2.31. The summed E-state index contributed by atoms with van der Waals surface area (Å²) in [5, 5.41) is 3.11. The molecule has 1 N–H and O–H groups in total. The predicted octanol–water partition coefficient (Wildman–Crippen LogP) is 12.0. The first-order valence-electron chi connectivity index (χ1n) is 20.1. The van der Waals surface area contributed by atoms with Crippen LogP contribution >= 0.6 is 0 Å². The van der Waals surface area contributed by atoms with Crippen LogP contribution in [0.5, 0.6) is 0 Å². The zero-order chi connectivity index (χ0) is 32.5. The zero-order valence-corrected chi connectivity index (χ0v) is 30.7. The third kappa shape index (κ3) is 25.4. The summed E-state index contributed by atoms with van der Waals surface area (Å²) >= 11 is 0. The van der Waals surface area contributed by atoms with Crippen molar-refractivity contribution in [3.8, 4) is 0 Å². The van der Waals surface area contributed by atoms with Crippen LogP contribution in [0.4, 0.5) is 0 Å². The molecule has 0 saturated heterocycles. The summed E-state index contributed by atoms with van der Waals surface area (Å²) in [5.74, 6) is 1.23. The molecule has 4 heteroatoms. The van der Waals surface area contributed by atoms with Gasteiger partial charge in [-0.15, -0.1) is 0 Å². The number of quaternary nitrogens is 1. The molecule has 0 radical (unpaired) electrons. The number of likely N-dealkylation sites (N-methyl/N-ethyl adjacent to an activating group) is 1. The lowest BCUT2D eigenvalue weighted by molar-refractivity contribution is -0.811. The highest BCUT2D eigenvalue weighted by molar-refractivity contribution is 5.88. The first-order valence-corrected chi connectivity index (χ1v) is 20.1. The van der Waals surface area contributed by atoms with E-state index < -0.39 is 0 Å². The number of carbonyl (C=O) groups is 1. The van der Waals surface area contributed by atoms with E-state index in [0.717, 1.165) is 37.0 Å². The van der Waals surface area contributed by atoms with E-state index in [-0.39, 0.29) is 5.91 Å². The van der Waals surface area contributed by atoms with Crippen molar-refractivity contribution in [1.29, 1.82) is 0 Å². The Bertz CT molecular complexity index is 758. The fourth-order valence-electron chi connectivity index (χ4n) is 6.55. The maximum Gasteiger partial charge on any atom is 0.243 e. The monoisotopic (exact) mass is 629 g/mol. The molecule has 1 unspecified atom stereocenters. The largest absolute Gasteiger partial charge is 0.347 e. The van der Waals surface area contributed by atoms with E-state index in [4.69, 9.17) is 4.99 Å². The molecule has 0 spiro atoms. The van der Waals surface area contributed by atoms with Gasteiger partial charge >= 0.3 is 0 Å². The highest BCUT2D eigenvalue weighted by atomic mass is 16.1. The summed E-state index contributed by atoms with van der Waals surface area (Å²) in [5.41, 5.74) is 0. The minimum absolute atomic E-state index is 0.0481. The van der Waals surface area contributed by atoms with Crippen molar-refractivity contribution in [3.05, 3.63) is 24.3 Å². The van der Waals surface area contributed by atoms with Crippen molar-refractivity contribution in [2.75, 3.05) is 33.2 Å². The molecule has 45 heavy (non-hydrogen) atoms. The number of hydrogen-bond donors (Lipinski definition) is 1. The fourth-order valence-corrected chi connectivity index (χ4v) is 6.55. The number of amides is 1. The van der Waals surface area contributed by atoms with Gasteiger partial charge in [-0.2, -0.15) is 0 Å². The Kier molecular flexibility index (Phi) is 28.8. The molecule has 0 saturated carbocycles. The van der Waals surface area contributed by atoms with Gasteiger partial charge in [-0.25, -0.2) is 4.99 Å². The first kappa shape index (κ1) is 41.6. The van der Waals surface area contributed by atoms with E-state index in [1.54, 1.807) is 6.08 Å². The number of carbonyl (C=O) groups excluding carboxylic acids is 1. The summed E-state index contributed by atoms with van der Waals surface area (Å²) < 4.78 is 0.831. The lowest BCUT2D eigenvalue weighted by Gasteiger charge is -2.28. The highest BCUT2D eigenvalue weighted by Crippen LogP contribution is 2.16. The van der Waals surface area contributed by atoms with Crippen LogP contribution in [0.1, 0.15) is 194 Å². The summed E-state index contributed by atoms with van der Waals surface area (Å²) in [6.07, 6.45) is 46.7. The Morgan fingerprint density at radius 1 is 0.622 bits per heavy atom. The SMILES string of the molecule is CCCCCCCCCCCCCCCC=CC(=O)NCC[N+]1(C)CCN=C1C=CCCCCCCCCCCCCCCC. The van der Waals surface area contributed by atoms with Crippen molar-refractivity contribution < 1.29 is 9.28 Å². The summed E-state index contributed by atoms with van der Waals surface area (Å²) in [6, 6.07) is 0. The van der Waals surface area contributed by atoms with Crippen molar-refractivity contribution in [3.63, 3.8) is 0 Å². The van der Waals surface area contributed by atoms with Gasteiger partial charge in [0.2, 0.25) is 11.7 Å². The number of unbranched alkanes of at least 4 members (excludes halogenated alkanes) is 26. The van der Waals surface area contributed by atoms with Crippen molar-refractivity contribution in [1.82, 2.24) is 5.32 Å². The smallest absolute Gasteiger partial charge is 0.243 e. The molecule has 262 valence electrons. The summed E-state index contributed by atoms with van der Waals surface area (Å²) in [7, 11) is 2.26. The van der Waals surface area contributed by atoms with Gasteiger partial charge in [0.15, 0.2) is 0 Å². The van der Waals surface area contributed by atoms with E-state index in [1.165, 1.54) is 173 Å². The van der Waals surface area contributed by atoms with Crippen LogP contribution in [0.2, 0.25) is 0 Å². The average Bonchev–Trinajstić information content (AvgIpc) is 3.40. The van der Waals surface area contributed by atoms with Gasteiger partial charge in [-0.3, -0.25) is 9.28 Å². The first-order chi connectivity index (χ1) is 22.1. The molecule has 0 fully saturated rings. The van der Waals surface area contributed by atoms with E-state index in [1.807, 2.05) is 0 Å². The van der Waals surface area contributed by atoms with Crippen LogP contribution in [0.25, 0.3) is 0 Å². The standard InChI is InChI=1S/C41H77N3O/c1-4-6-8-10-12-14-16-18-20-22-24-26-28-30-32-34-40-42-36-38-44(40,3)39-37-43-41(45)35-33-31-29-27-25-23-21-19-17-15-13-11-9-7-5-2/h32-35H,4-31,36-39H2,1-3H3/p+1. The molecule has 0 aromatic heterocycles. The summed E-state index contributed by atoms with van der Waals surface area (Å²) in [4.78, 5) is 17.1. The van der Waals surface area contributed by atoms with Crippen LogP contribution < -0.4 is 5.32 Å². The molecule has 0 bridgehead atoms. The van der Waals surface area contributed by atoms with Crippen LogP contribution in [0.15, 0.2) is 29.3 Å². The molecule has 1 rings (SSSR count). The van der Waals surface area contributed by atoms with E-state index in [9.17, 15) is 4.79 Å². The summed E-state index contributed by atoms with van der Waals surface area (Å²) in [6.45, 7) is 8.10. The predicted molar refractivity (Wildman–Crippen MR) is 200 cm³/mol. The number of amidine groups is 1. The van der Waals surface area contributed by atoms with Crippen molar-refractivity contribution in [2.45, 2.75) is 194 Å². The quantitative estimate of drug-likeness (QED) is 0.0438. The minimum atomic E-state index is 0.0481. The van der Waals surface area contributed by atoms with Gasteiger partial charge < -0.3 is 5.32 Å². The normalized spacial score (nSPS) is 16.7. The molecular weight excluding hydrogens is 550 g/mol. The van der Waals surface area contributed by atoms with Gasteiger partial charge in [0.1, 0.15) is 13.1 Å². The molecular formula is C41H78N3O+. The van der Waals surface area contributed by atoms with Crippen LogP contribution in [0, 0.1) is 0 Å². The molecule has 1 amide bonds. The molecule has 4 nitrogen and oxygen atoms in total. The molecule has 1 atom stereocenters. The number of allylic oxidation sites excluding steroid dienone is 2. The third-order valence-electron chi connectivity index (χ3n) is 9.81. The molecule has 1 aliphatic rings. The van der Waals surface area contributed by atoms with E-state index >= 15 is 0 Å². The lowest BCUT2D eigenvalue weighted by Crippen LogP contribution is -2.50. The maximum atomic E-state index is 12.3. The van der Waals surface area contributed by atoms with Crippen molar-refractivity contribution >= 4 is 11.7 Å². The number of hydrogen-bond acceptors (Lipinski definition) is 2. The van der Waals surface area contributed by atoms with Crippen LogP contribution in [-0.4, -0.2) is 49.5 Å². The maximum absolute atomic E-state index is 12.3. The lowest BCUT2D eigenvalue weighted by atomic mass is 10.0. The number of rotatable bonds is 33. The van der Waals surface area contributed by atoms with Crippen LogP contribution in [-0.2, 0) is 4.79 Å². The van der Waals surface area contributed by atoms with Gasteiger partial charge in [0.25, 0.3) is 0 Å². The molecule has 0 aromatic rings. The average molecular weight is 629 g/mol. The topological polar surface area (TPSA) is 41.5 Å². The van der Waals surface area contributed by atoms with E-state index in [2.05, 4.69) is 44.4 Å². The fraction of sp³-hybridized carbons (Fsp3) is 0.854. The Morgan fingerprint density at radius 2 is 1.02 bits per heavy atom. The number of nitrogens with zero attached hydrogens (tertiary/aromatic N) is 2. The van der Waals surface area contributed by atoms with Gasteiger partial charge in [0.05, 0.1) is 20.1 Å². The Balaban J connectivity index is 1.98. The Hall–Kier alpha value is -1.42. The van der Waals surface area contributed by atoms with Crippen molar-refractivity contribution in [2.24, 2.45) is 4.99 Å². The second-order valence-corrected chi connectivity index (χ2v) is 14.2. The number of nitrogens with one attached hydrogen (secondary N) is 1. The Labute approximate surface area is 282 Å². The molecule has 1 heterocycles. The second kappa shape index (κ2) is 31.2. The minimum Gasteiger partial charge on any atom is -0.347 e. The van der Waals surface area contributed by atoms with E-state index in [0.29, 0.717) is 6.54 Å². The van der Waals surface area contributed by atoms with Gasteiger partial charge in [-0.1, -0.05) is 180 Å². The van der Waals surface area contributed by atoms with Gasteiger partial charge in [-0.05, 0) is 31.8 Å². The van der Waals surface area contributed by atoms with Crippen LogP contribution in [0.3, 0.4) is 0 Å². The molecule has 1 aliphatic heterocycles. The molecule has 0 aliphatic carbocycles. The zero-order valence-electron chi connectivity index (χ0n) is 30.7. The number of aliphatic imine (C=N–C) groups is 1. The molecule has 0 aromatic carbocycles. The van der Waals surface area contributed by atoms with Gasteiger partial charge in [0, 0.05) is 6.08 Å². The Morgan fingerprint density at radius 3 is 1.47 bits per heavy atom. The second-order valence-electron chi connectivity index (χ2n) is 14.2.